The lowest BCUT2D eigenvalue weighted by molar-refractivity contribution is -0.123. The van der Waals surface area contributed by atoms with Crippen LogP contribution in [0, 0.1) is 5.92 Å². The fraction of sp³-hybridized carbons (Fsp3) is 0.533. The second-order valence-electron chi connectivity index (χ2n) is 4.86. The Balaban J connectivity index is 2.39. The number of carbonyl (C=O) groups excluding carboxylic acids is 1. The Labute approximate surface area is 124 Å². The zero-order valence-electron chi connectivity index (χ0n) is 11.7. The maximum atomic E-state index is 11.8. The Kier molecular flexibility index (Phi) is 7.59. The third-order valence-corrected chi connectivity index (χ3v) is 3.59. The van der Waals surface area contributed by atoms with Gasteiger partial charge in [0.1, 0.15) is 0 Å². The van der Waals surface area contributed by atoms with Crippen LogP contribution in [-0.4, -0.2) is 29.3 Å². The van der Waals surface area contributed by atoms with Gasteiger partial charge in [-0.3, -0.25) is 4.79 Å². The van der Waals surface area contributed by atoms with Crippen LogP contribution >= 0.6 is 11.6 Å². The quantitative estimate of drug-likeness (QED) is 0.690. The molecule has 1 aromatic rings. The third kappa shape index (κ3) is 5.90. The van der Waals surface area contributed by atoms with Crippen molar-refractivity contribution in [1.29, 1.82) is 0 Å². The average molecular weight is 300 g/mol. The van der Waals surface area contributed by atoms with E-state index in [4.69, 9.17) is 16.7 Å². The van der Waals surface area contributed by atoms with Crippen LogP contribution in [0.1, 0.15) is 37.9 Å². The molecular formula is C15H22ClNO3. The van der Waals surface area contributed by atoms with Gasteiger partial charge in [-0.05, 0) is 30.0 Å². The minimum Gasteiger partial charge on any atom is -0.396 e. The monoisotopic (exact) mass is 299 g/mol. The summed E-state index contributed by atoms with van der Waals surface area (Å²) in [4.78, 5) is 11.8. The number of hydrogen-bond acceptors (Lipinski definition) is 3. The van der Waals surface area contributed by atoms with Gasteiger partial charge in [-0.25, -0.2) is 0 Å². The highest BCUT2D eigenvalue weighted by Gasteiger charge is 2.14. The highest BCUT2D eigenvalue weighted by Crippen LogP contribution is 2.19. The Morgan fingerprint density at radius 1 is 1.35 bits per heavy atom. The molecule has 0 aliphatic heterocycles. The molecule has 0 saturated carbocycles. The van der Waals surface area contributed by atoms with Gasteiger partial charge < -0.3 is 15.5 Å². The molecule has 5 heteroatoms. The lowest BCUT2D eigenvalue weighted by Crippen LogP contribution is -2.30. The van der Waals surface area contributed by atoms with E-state index in [0.29, 0.717) is 23.6 Å². The zero-order chi connectivity index (χ0) is 15.0. The number of aliphatic hydroxyl groups is 2. The van der Waals surface area contributed by atoms with E-state index in [1.807, 2.05) is 6.92 Å². The van der Waals surface area contributed by atoms with Gasteiger partial charge in [0.05, 0.1) is 12.5 Å². The van der Waals surface area contributed by atoms with Crippen LogP contribution in [0.2, 0.25) is 5.02 Å². The van der Waals surface area contributed by atoms with Crippen LogP contribution in [0.25, 0.3) is 0 Å². The number of hydrogen-bond donors (Lipinski definition) is 3. The highest BCUT2D eigenvalue weighted by molar-refractivity contribution is 6.30. The molecule has 1 rings (SSSR count). The smallest absolute Gasteiger partial charge is 0.222 e. The molecule has 2 unspecified atom stereocenters. The van der Waals surface area contributed by atoms with Crippen LogP contribution < -0.4 is 5.32 Å². The van der Waals surface area contributed by atoms with E-state index in [9.17, 15) is 9.90 Å². The predicted molar refractivity (Wildman–Crippen MR) is 79.5 cm³/mol. The minimum atomic E-state index is -0.829. The van der Waals surface area contributed by atoms with E-state index in [0.717, 1.165) is 6.42 Å². The molecule has 0 saturated heterocycles. The Morgan fingerprint density at radius 2 is 2.00 bits per heavy atom. The number of amides is 1. The second kappa shape index (κ2) is 8.95. The van der Waals surface area contributed by atoms with Gasteiger partial charge in [0.2, 0.25) is 5.91 Å². The van der Waals surface area contributed by atoms with Gasteiger partial charge >= 0.3 is 0 Å². The molecule has 0 heterocycles. The summed E-state index contributed by atoms with van der Waals surface area (Å²) in [5, 5.41) is 22.2. The molecule has 1 amide bonds. The molecule has 20 heavy (non-hydrogen) atoms. The van der Waals surface area contributed by atoms with Crippen molar-refractivity contribution in [2.24, 2.45) is 5.92 Å². The van der Waals surface area contributed by atoms with Gasteiger partial charge in [0.15, 0.2) is 0 Å². The topological polar surface area (TPSA) is 69.6 Å². The lowest BCUT2D eigenvalue weighted by atomic mass is 10.0. The van der Waals surface area contributed by atoms with Crippen molar-refractivity contribution in [2.45, 2.75) is 32.3 Å². The molecule has 0 aliphatic rings. The van der Waals surface area contributed by atoms with Gasteiger partial charge in [0, 0.05) is 18.2 Å². The van der Waals surface area contributed by atoms with Crippen molar-refractivity contribution in [3.8, 4) is 0 Å². The average Bonchev–Trinajstić information content (AvgIpc) is 2.44. The fourth-order valence-corrected chi connectivity index (χ4v) is 2.07. The maximum Gasteiger partial charge on any atom is 0.222 e. The first-order chi connectivity index (χ1) is 9.56. The van der Waals surface area contributed by atoms with E-state index in [-0.39, 0.29) is 24.9 Å². The van der Waals surface area contributed by atoms with Gasteiger partial charge in [-0.2, -0.15) is 0 Å². The summed E-state index contributed by atoms with van der Waals surface area (Å²) >= 11 is 5.77. The van der Waals surface area contributed by atoms with Gasteiger partial charge in [0.25, 0.3) is 0 Å². The van der Waals surface area contributed by atoms with Crippen molar-refractivity contribution < 1.29 is 15.0 Å². The van der Waals surface area contributed by atoms with Crippen molar-refractivity contribution in [1.82, 2.24) is 5.32 Å². The summed E-state index contributed by atoms with van der Waals surface area (Å²) in [5.74, 6) is 0.0838. The van der Waals surface area contributed by atoms with E-state index in [1.54, 1.807) is 24.3 Å². The SMILES string of the molecule is CCC(CCO)CNC(=O)CC(O)c1ccc(Cl)cc1. The Hall–Kier alpha value is -1.10. The van der Waals surface area contributed by atoms with Crippen molar-refractivity contribution >= 4 is 17.5 Å². The molecule has 2 atom stereocenters. The molecule has 112 valence electrons. The summed E-state index contributed by atoms with van der Waals surface area (Å²) in [7, 11) is 0. The summed E-state index contributed by atoms with van der Waals surface area (Å²) in [6.45, 7) is 2.68. The summed E-state index contributed by atoms with van der Waals surface area (Å²) in [6, 6.07) is 6.79. The van der Waals surface area contributed by atoms with Gasteiger partial charge in [-0.15, -0.1) is 0 Å². The number of benzene rings is 1. The molecule has 0 spiro atoms. The van der Waals surface area contributed by atoms with E-state index < -0.39 is 6.10 Å². The van der Waals surface area contributed by atoms with Crippen LogP contribution in [0.3, 0.4) is 0 Å². The summed E-state index contributed by atoms with van der Waals surface area (Å²) in [6.07, 6.45) is 0.777. The standard InChI is InChI=1S/C15H22ClNO3/c1-2-11(7-8-18)10-17-15(20)9-14(19)12-3-5-13(16)6-4-12/h3-6,11,14,18-19H,2,7-10H2,1H3,(H,17,20). The van der Waals surface area contributed by atoms with Crippen LogP contribution in [-0.2, 0) is 4.79 Å². The molecule has 0 fully saturated rings. The number of halogens is 1. The first-order valence-corrected chi connectivity index (χ1v) is 7.25. The first kappa shape index (κ1) is 17.0. The predicted octanol–water partition coefficient (Wildman–Crippen LogP) is 2.29. The largest absolute Gasteiger partial charge is 0.396 e. The number of carbonyl (C=O) groups is 1. The van der Waals surface area contributed by atoms with E-state index >= 15 is 0 Å². The molecule has 0 aliphatic carbocycles. The van der Waals surface area contributed by atoms with Crippen LogP contribution in [0.5, 0.6) is 0 Å². The van der Waals surface area contributed by atoms with Crippen molar-refractivity contribution in [3.05, 3.63) is 34.9 Å². The zero-order valence-corrected chi connectivity index (χ0v) is 12.4. The number of rotatable bonds is 8. The Bertz CT molecular complexity index is 408. The second-order valence-corrected chi connectivity index (χ2v) is 5.30. The van der Waals surface area contributed by atoms with E-state index in [2.05, 4.69) is 5.32 Å². The highest BCUT2D eigenvalue weighted by atomic mass is 35.5. The van der Waals surface area contributed by atoms with E-state index in [1.165, 1.54) is 0 Å². The van der Waals surface area contributed by atoms with Crippen molar-refractivity contribution in [3.63, 3.8) is 0 Å². The third-order valence-electron chi connectivity index (χ3n) is 3.34. The number of aliphatic hydroxyl groups excluding tert-OH is 2. The van der Waals surface area contributed by atoms with Crippen molar-refractivity contribution in [2.75, 3.05) is 13.2 Å². The summed E-state index contributed by atoms with van der Waals surface area (Å²) < 4.78 is 0. The number of nitrogens with one attached hydrogen (secondary N) is 1. The molecule has 0 bridgehead atoms. The molecule has 4 nitrogen and oxygen atoms in total. The summed E-state index contributed by atoms with van der Waals surface area (Å²) in [5.41, 5.74) is 0.673. The molecule has 0 aromatic heterocycles. The normalized spacial score (nSPS) is 13.8. The Morgan fingerprint density at radius 3 is 2.55 bits per heavy atom. The molecular weight excluding hydrogens is 278 g/mol. The van der Waals surface area contributed by atoms with Gasteiger partial charge in [-0.1, -0.05) is 37.1 Å². The minimum absolute atomic E-state index is 0.0250. The maximum absolute atomic E-state index is 11.8. The van der Waals surface area contributed by atoms with Crippen LogP contribution in [0.15, 0.2) is 24.3 Å². The molecule has 0 radical (unpaired) electrons. The lowest BCUT2D eigenvalue weighted by Gasteiger charge is -2.16. The van der Waals surface area contributed by atoms with Crippen LogP contribution in [0.4, 0.5) is 0 Å². The molecule has 1 aromatic carbocycles. The molecule has 3 N–H and O–H groups in total. The first-order valence-electron chi connectivity index (χ1n) is 6.87. The fourth-order valence-electron chi connectivity index (χ4n) is 1.94.